The zero-order chi connectivity index (χ0) is 20.4. The fourth-order valence-electron chi connectivity index (χ4n) is 3.76. The van der Waals surface area contributed by atoms with Gasteiger partial charge >= 0.3 is 0 Å². The number of phenolic OH excluding ortho intramolecular Hbond substituents is 1. The van der Waals surface area contributed by atoms with Gasteiger partial charge in [-0.1, -0.05) is 0 Å². The Labute approximate surface area is 168 Å². The molecule has 1 fully saturated rings. The number of quaternary nitrogens is 1. The number of furan rings is 1. The predicted molar refractivity (Wildman–Crippen MR) is 106 cm³/mol. The van der Waals surface area contributed by atoms with Crippen molar-refractivity contribution in [2.75, 3.05) is 40.5 Å². The third-order valence-corrected chi connectivity index (χ3v) is 5.35. The molecule has 1 aliphatic rings. The molecule has 1 aliphatic heterocycles. The first-order valence-corrected chi connectivity index (χ1v) is 9.52. The smallest absolute Gasteiger partial charge is 0.200 e. The van der Waals surface area contributed by atoms with E-state index >= 15 is 0 Å². The van der Waals surface area contributed by atoms with Crippen LogP contribution in [0, 0.1) is 0 Å². The monoisotopic (exact) mass is 398 g/mol. The van der Waals surface area contributed by atoms with E-state index in [-0.39, 0.29) is 11.5 Å². The Morgan fingerprint density at radius 2 is 1.90 bits per heavy atom. The second kappa shape index (κ2) is 8.14. The molecule has 2 aromatic carbocycles. The number of ether oxygens (including phenoxy) is 3. The molecule has 7 heteroatoms. The lowest BCUT2D eigenvalue weighted by molar-refractivity contribution is -0.921. The van der Waals surface area contributed by atoms with Crippen LogP contribution in [-0.4, -0.2) is 51.4 Å². The summed E-state index contributed by atoms with van der Waals surface area (Å²) in [6, 6.07) is 8.38. The number of ketones is 1. The van der Waals surface area contributed by atoms with Crippen LogP contribution in [-0.2, 0) is 11.3 Å². The van der Waals surface area contributed by atoms with Crippen LogP contribution in [0.5, 0.6) is 17.2 Å². The zero-order valence-corrected chi connectivity index (χ0v) is 16.5. The lowest BCUT2D eigenvalue weighted by Crippen LogP contribution is -3.12. The van der Waals surface area contributed by atoms with Crippen LogP contribution in [0.1, 0.15) is 21.5 Å². The summed E-state index contributed by atoms with van der Waals surface area (Å²) in [4.78, 5) is 14.7. The molecule has 0 bridgehead atoms. The van der Waals surface area contributed by atoms with Crippen molar-refractivity contribution >= 4 is 16.8 Å². The molecule has 3 aromatic rings. The molecule has 0 atom stereocenters. The molecule has 0 radical (unpaired) electrons. The summed E-state index contributed by atoms with van der Waals surface area (Å²) in [7, 11) is 3.07. The second-order valence-electron chi connectivity index (χ2n) is 7.02. The molecule has 0 amide bonds. The number of hydrogen-bond acceptors (Lipinski definition) is 6. The van der Waals surface area contributed by atoms with Crippen molar-refractivity contribution in [2.24, 2.45) is 0 Å². The number of carbonyl (C=O) groups excluding carboxylic acids is 1. The molecule has 1 saturated heterocycles. The average Bonchev–Trinajstić information content (AvgIpc) is 3.20. The molecule has 4 rings (SSSR count). The first-order valence-electron chi connectivity index (χ1n) is 9.52. The summed E-state index contributed by atoms with van der Waals surface area (Å²) >= 11 is 0. The summed E-state index contributed by atoms with van der Waals surface area (Å²) < 4.78 is 21.7. The number of fused-ring (bicyclic) bond motifs is 1. The summed E-state index contributed by atoms with van der Waals surface area (Å²) in [5.74, 6) is 0.918. The van der Waals surface area contributed by atoms with Crippen molar-refractivity contribution in [3.63, 3.8) is 0 Å². The second-order valence-corrected chi connectivity index (χ2v) is 7.02. The van der Waals surface area contributed by atoms with Crippen LogP contribution in [0.15, 0.2) is 41.0 Å². The normalized spacial score (nSPS) is 14.8. The van der Waals surface area contributed by atoms with E-state index in [1.165, 1.54) is 18.3 Å². The molecule has 7 nitrogen and oxygen atoms in total. The van der Waals surface area contributed by atoms with Crippen molar-refractivity contribution < 1.29 is 33.4 Å². The van der Waals surface area contributed by atoms with Gasteiger partial charge in [-0.15, -0.1) is 0 Å². The van der Waals surface area contributed by atoms with Gasteiger partial charge in [-0.25, -0.2) is 0 Å². The van der Waals surface area contributed by atoms with Gasteiger partial charge < -0.3 is 28.6 Å². The fraction of sp³-hybridized carbons (Fsp3) is 0.318. The molecule has 0 unspecified atom stereocenters. The van der Waals surface area contributed by atoms with Crippen LogP contribution in [0.3, 0.4) is 0 Å². The van der Waals surface area contributed by atoms with Gasteiger partial charge in [0.25, 0.3) is 0 Å². The van der Waals surface area contributed by atoms with Gasteiger partial charge in [-0.05, 0) is 30.3 Å². The summed E-state index contributed by atoms with van der Waals surface area (Å²) in [6.07, 6.45) is 1.45. The van der Waals surface area contributed by atoms with Crippen molar-refractivity contribution in [1.82, 2.24) is 0 Å². The van der Waals surface area contributed by atoms with Gasteiger partial charge in [0.05, 0.1) is 44.1 Å². The van der Waals surface area contributed by atoms with Crippen LogP contribution in [0.2, 0.25) is 0 Å². The lowest BCUT2D eigenvalue weighted by Gasteiger charge is -2.24. The van der Waals surface area contributed by atoms with Gasteiger partial charge in [0, 0.05) is 5.39 Å². The van der Waals surface area contributed by atoms with E-state index in [9.17, 15) is 9.90 Å². The average molecular weight is 398 g/mol. The number of rotatable bonds is 6. The highest BCUT2D eigenvalue weighted by Gasteiger charge is 2.26. The molecule has 29 heavy (non-hydrogen) atoms. The number of methoxy groups -OCH3 is 2. The minimum Gasteiger partial charge on any atom is -0.507 e. The maximum atomic E-state index is 13.4. The van der Waals surface area contributed by atoms with Gasteiger partial charge in [0.2, 0.25) is 5.78 Å². The maximum absolute atomic E-state index is 13.4. The third-order valence-electron chi connectivity index (χ3n) is 5.35. The highest BCUT2D eigenvalue weighted by atomic mass is 16.5. The van der Waals surface area contributed by atoms with Crippen molar-refractivity contribution in [2.45, 2.75) is 6.54 Å². The molecule has 0 saturated carbocycles. The Kier molecular flexibility index (Phi) is 5.42. The third kappa shape index (κ3) is 3.66. The topological polar surface area (TPSA) is 82.6 Å². The molecular formula is C22H24NO6+. The quantitative estimate of drug-likeness (QED) is 0.617. The molecular weight excluding hydrogens is 374 g/mol. The van der Waals surface area contributed by atoms with Gasteiger partial charge in [0.15, 0.2) is 0 Å². The number of nitrogens with one attached hydrogen (secondary N) is 1. The molecule has 0 aliphatic carbocycles. The number of benzene rings is 2. The van der Waals surface area contributed by atoms with E-state index < -0.39 is 0 Å². The molecule has 152 valence electrons. The molecule has 2 N–H and O–H groups in total. The number of morpholine rings is 1. The molecule has 2 heterocycles. The van der Waals surface area contributed by atoms with Crippen LogP contribution >= 0.6 is 0 Å². The Balaban J connectivity index is 1.80. The minimum absolute atomic E-state index is 0.157. The zero-order valence-electron chi connectivity index (χ0n) is 16.5. The Bertz CT molecular complexity index is 1040. The van der Waals surface area contributed by atoms with Crippen LogP contribution in [0.25, 0.3) is 11.0 Å². The van der Waals surface area contributed by atoms with E-state index in [1.54, 1.807) is 37.4 Å². The Hall–Kier alpha value is -3.03. The first kappa shape index (κ1) is 19.3. The van der Waals surface area contributed by atoms with E-state index in [0.29, 0.717) is 58.9 Å². The number of hydrogen-bond donors (Lipinski definition) is 2. The standard InChI is InChI=1S/C22H23NO6/c1-26-14-3-5-19(27-2)15(11-14)22(25)17-13-29-20-6-4-18(24)16(21(17)20)12-23-7-9-28-10-8-23/h3-6,11,13,24H,7-10,12H2,1-2H3/p+1. The van der Waals surface area contributed by atoms with Crippen molar-refractivity contribution in [1.29, 1.82) is 0 Å². The lowest BCUT2D eigenvalue weighted by atomic mass is 9.97. The Morgan fingerprint density at radius 1 is 1.10 bits per heavy atom. The van der Waals surface area contributed by atoms with Crippen molar-refractivity contribution in [3.8, 4) is 17.2 Å². The molecule has 0 spiro atoms. The number of carbonyl (C=O) groups is 1. The minimum atomic E-state index is -0.247. The van der Waals surface area contributed by atoms with Gasteiger partial charge in [0.1, 0.15) is 48.7 Å². The fourth-order valence-corrected chi connectivity index (χ4v) is 3.76. The highest BCUT2D eigenvalue weighted by Crippen LogP contribution is 2.34. The summed E-state index contributed by atoms with van der Waals surface area (Å²) in [6.45, 7) is 3.65. The van der Waals surface area contributed by atoms with Crippen LogP contribution in [0.4, 0.5) is 0 Å². The largest absolute Gasteiger partial charge is 0.507 e. The number of aromatic hydroxyl groups is 1. The summed E-state index contributed by atoms with van der Waals surface area (Å²) in [5, 5.41) is 11.2. The van der Waals surface area contributed by atoms with E-state index in [4.69, 9.17) is 18.6 Å². The predicted octanol–water partition coefficient (Wildman–Crippen LogP) is 1.80. The van der Waals surface area contributed by atoms with Crippen molar-refractivity contribution in [3.05, 3.63) is 53.3 Å². The summed E-state index contributed by atoms with van der Waals surface area (Å²) in [5.41, 5.74) is 2.04. The SMILES string of the molecule is COc1ccc(OC)c(C(=O)c2coc3ccc(O)c(C[NH+]4CCOCC4)c23)c1. The first-order chi connectivity index (χ1) is 14.1. The molecule has 1 aromatic heterocycles. The number of phenols is 1. The highest BCUT2D eigenvalue weighted by molar-refractivity contribution is 6.18. The van der Waals surface area contributed by atoms with Gasteiger partial charge in [-0.3, -0.25) is 4.79 Å². The van der Waals surface area contributed by atoms with Crippen LogP contribution < -0.4 is 14.4 Å². The Morgan fingerprint density at radius 3 is 2.62 bits per heavy atom. The van der Waals surface area contributed by atoms with E-state index in [1.807, 2.05) is 0 Å². The van der Waals surface area contributed by atoms with Gasteiger partial charge in [-0.2, -0.15) is 0 Å². The van der Waals surface area contributed by atoms with E-state index in [2.05, 4.69) is 0 Å². The van der Waals surface area contributed by atoms with E-state index in [0.717, 1.165) is 13.1 Å². The maximum Gasteiger partial charge on any atom is 0.200 e.